The molecule has 0 spiro atoms. The van der Waals surface area contributed by atoms with Crippen molar-refractivity contribution in [2.75, 3.05) is 5.75 Å². The molecule has 0 radical (unpaired) electrons. The Labute approximate surface area is 236 Å². The Bertz CT molecular complexity index is 1290. The number of amides is 1. The van der Waals surface area contributed by atoms with Crippen molar-refractivity contribution in [1.82, 2.24) is 4.90 Å². The van der Waals surface area contributed by atoms with Gasteiger partial charge in [0.05, 0.1) is 28.4 Å². The minimum atomic E-state index is -3.47. The number of carbonyl (C=O) groups is 2. The average molecular weight is 583 g/mol. The van der Waals surface area contributed by atoms with E-state index in [4.69, 9.17) is 23.2 Å². The lowest BCUT2D eigenvalue weighted by Crippen LogP contribution is -2.57. The number of aliphatic carboxylic acids is 1. The van der Waals surface area contributed by atoms with Crippen LogP contribution in [-0.4, -0.2) is 46.8 Å². The summed E-state index contributed by atoms with van der Waals surface area (Å²) in [5, 5.41) is 10.8. The first-order valence-electron chi connectivity index (χ1n) is 12.7. The maximum absolute atomic E-state index is 14.2. The molecule has 9 heteroatoms. The minimum Gasteiger partial charge on any atom is -0.481 e. The van der Waals surface area contributed by atoms with Crippen molar-refractivity contribution < 1.29 is 23.1 Å². The number of likely N-dealkylation sites (tertiary alicyclic amines) is 1. The molecule has 0 aliphatic carbocycles. The summed E-state index contributed by atoms with van der Waals surface area (Å²) >= 11 is 12.6. The molecule has 2 aromatic rings. The molecule has 1 fully saturated rings. The van der Waals surface area contributed by atoms with Crippen molar-refractivity contribution in [3.8, 4) is 0 Å². The van der Waals surface area contributed by atoms with Crippen LogP contribution >= 0.6 is 23.2 Å². The molecule has 0 aromatic heterocycles. The van der Waals surface area contributed by atoms with E-state index in [2.05, 4.69) is 0 Å². The van der Waals surface area contributed by atoms with Crippen LogP contribution in [0.4, 0.5) is 0 Å². The molecule has 5 atom stereocenters. The van der Waals surface area contributed by atoms with Crippen LogP contribution in [0.5, 0.6) is 0 Å². The Morgan fingerprint density at radius 2 is 1.68 bits per heavy atom. The van der Waals surface area contributed by atoms with Gasteiger partial charge < -0.3 is 10.0 Å². The molecule has 0 saturated carbocycles. The van der Waals surface area contributed by atoms with Crippen LogP contribution in [0.1, 0.15) is 77.5 Å². The fraction of sp³-hybridized carbons (Fsp3) is 0.517. The fourth-order valence-corrected chi connectivity index (χ4v) is 7.13. The van der Waals surface area contributed by atoms with Gasteiger partial charge in [-0.15, -0.1) is 0 Å². The summed E-state index contributed by atoms with van der Waals surface area (Å²) in [4.78, 5) is 27.9. The van der Waals surface area contributed by atoms with Crippen LogP contribution in [0.2, 0.25) is 10.0 Å². The Kier molecular flexibility index (Phi) is 8.96. The zero-order valence-electron chi connectivity index (χ0n) is 22.7. The lowest BCUT2D eigenvalue weighted by Gasteiger charge is -2.52. The van der Waals surface area contributed by atoms with Gasteiger partial charge in [-0.05, 0) is 75.4 Å². The molecule has 0 bridgehead atoms. The predicted molar refractivity (Wildman–Crippen MR) is 152 cm³/mol. The summed E-state index contributed by atoms with van der Waals surface area (Å²) in [6.07, 6.45) is -0.0439. The molecule has 1 aliphatic heterocycles. The molecule has 1 amide bonds. The van der Waals surface area contributed by atoms with Crippen LogP contribution in [0.3, 0.4) is 0 Å². The van der Waals surface area contributed by atoms with Crippen molar-refractivity contribution in [1.29, 1.82) is 0 Å². The van der Waals surface area contributed by atoms with Gasteiger partial charge in [0.15, 0.2) is 9.84 Å². The van der Waals surface area contributed by atoms with E-state index in [1.54, 1.807) is 50.8 Å². The lowest BCUT2D eigenvalue weighted by molar-refractivity contribution is -0.161. The quantitative estimate of drug-likeness (QED) is 0.371. The molecule has 1 aliphatic rings. The Morgan fingerprint density at radius 1 is 1.08 bits per heavy atom. The second-order valence-corrected chi connectivity index (χ2v) is 15.5. The molecule has 38 heavy (non-hydrogen) atoms. The van der Waals surface area contributed by atoms with Crippen LogP contribution < -0.4 is 0 Å². The van der Waals surface area contributed by atoms with Crippen molar-refractivity contribution in [3.63, 3.8) is 0 Å². The number of benzene rings is 2. The highest BCUT2D eigenvalue weighted by Crippen LogP contribution is 2.52. The normalized spacial score (nSPS) is 24.2. The van der Waals surface area contributed by atoms with Crippen molar-refractivity contribution in [2.45, 2.75) is 77.1 Å². The van der Waals surface area contributed by atoms with Gasteiger partial charge in [0.1, 0.15) is 0 Å². The topological polar surface area (TPSA) is 91.8 Å². The minimum absolute atomic E-state index is 0.105. The summed E-state index contributed by atoms with van der Waals surface area (Å²) in [7, 11) is -3.47. The molecular weight excluding hydrogens is 545 g/mol. The van der Waals surface area contributed by atoms with Gasteiger partial charge in [0.25, 0.3) is 0 Å². The summed E-state index contributed by atoms with van der Waals surface area (Å²) in [5.41, 5.74) is 0.523. The number of sulfone groups is 1. The Morgan fingerprint density at radius 3 is 2.21 bits per heavy atom. The fourth-order valence-electron chi connectivity index (χ4n) is 5.34. The number of halogens is 2. The molecule has 3 rings (SSSR count). The third-order valence-corrected chi connectivity index (χ3v) is 11.1. The highest BCUT2D eigenvalue weighted by Gasteiger charge is 2.52. The van der Waals surface area contributed by atoms with E-state index in [-0.39, 0.29) is 24.0 Å². The van der Waals surface area contributed by atoms with E-state index in [0.717, 1.165) is 11.1 Å². The van der Waals surface area contributed by atoms with Crippen LogP contribution in [-0.2, 0) is 19.4 Å². The van der Waals surface area contributed by atoms with Gasteiger partial charge >= 0.3 is 5.97 Å². The zero-order valence-corrected chi connectivity index (χ0v) is 25.1. The first-order valence-corrected chi connectivity index (χ1v) is 15.2. The first kappa shape index (κ1) is 30.5. The number of carbonyl (C=O) groups excluding carboxylic acids is 1. The number of nitrogens with zero attached hydrogens (tertiary/aromatic N) is 1. The Hall–Kier alpha value is -2.09. The molecule has 1 saturated heterocycles. The van der Waals surface area contributed by atoms with Crippen LogP contribution in [0.25, 0.3) is 0 Å². The van der Waals surface area contributed by atoms with E-state index >= 15 is 0 Å². The zero-order chi connectivity index (χ0) is 28.6. The predicted octanol–water partition coefficient (Wildman–Crippen LogP) is 6.77. The van der Waals surface area contributed by atoms with Gasteiger partial charge in [-0.1, -0.05) is 61.3 Å². The van der Waals surface area contributed by atoms with E-state index in [1.165, 1.54) is 0 Å². The van der Waals surface area contributed by atoms with Gasteiger partial charge in [0, 0.05) is 22.0 Å². The van der Waals surface area contributed by atoms with Crippen LogP contribution in [0, 0.1) is 11.3 Å². The molecular formula is C29H37Cl2NO5S. The summed E-state index contributed by atoms with van der Waals surface area (Å²) in [6.45, 7) is 10.4. The van der Waals surface area contributed by atoms with E-state index in [0.29, 0.717) is 16.5 Å². The molecule has 1 N–H and O–H groups in total. The molecule has 1 heterocycles. The standard InChI is InChI=1S/C29H37Cl2NO5S/c1-18(17-38(36,37)28(3,4)5)19(2)32-26(20-10-12-22(30)13-11-20)24(21-8-7-9-23(31)14-21)15-29(6,27(32)35)16-25(33)34/h7-14,18-19,24,26H,15-17H2,1-6H3,(H,33,34)/t18-,19+,24?,26?,29?/m1/s1. The van der Waals surface area contributed by atoms with Crippen molar-refractivity contribution in [2.24, 2.45) is 11.3 Å². The molecule has 3 unspecified atom stereocenters. The smallest absolute Gasteiger partial charge is 0.304 e. The van der Waals surface area contributed by atoms with Crippen molar-refractivity contribution >= 4 is 44.9 Å². The third kappa shape index (κ3) is 6.37. The van der Waals surface area contributed by atoms with Crippen molar-refractivity contribution in [3.05, 3.63) is 69.7 Å². The first-order chi connectivity index (χ1) is 17.5. The van der Waals surface area contributed by atoms with Gasteiger partial charge in [-0.25, -0.2) is 8.42 Å². The van der Waals surface area contributed by atoms with Crippen LogP contribution in [0.15, 0.2) is 48.5 Å². The van der Waals surface area contributed by atoms with Gasteiger partial charge in [-0.2, -0.15) is 0 Å². The molecule has 208 valence electrons. The van der Waals surface area contributed by atoms with E-state index < -0.39 is 44.0 Å². The largest absolute Gasteiger partial charge is 0.481 e. The van der Waals surface area contributed by atoms with Gasteiger partial charge in [-0.3, -0.25) is 9.59 Å². The summed E-state index contributed by atoms with van der Waals surface area (Å²) < 4.78 is 25.3. The van der Waals surface area contributed by atoms with Gasteiger partial charge in [0.2, 0.25) is 5.91 Å². The monoisotopic (exact) mass is 581 g/mol. The Balaban J connectivity index is 2.21. The number of carboxylic acid groups (broad SMARTS) is 1. The number of rotatable bonds is 8. The third-order valence-electron chi connectivity index (χ3n) is 7.81. The average Bonchev–Trinajstić information content (AvgIpc) is 2.79. The second-order valence-electron chi connectivity index (χ2n) is 11.8. The maximum Gasteiger partial charge on any atom is 0.304 e. The maximum atomic E-state index is 14.2. The second kappa shape index (κ2) is 11.2. The number of piperidine rings is 1. The SMILES string of the molecule is C[C@H](CS(=O)(=O)C(C)(C)C)[C@H](C)N1C(=O)C(C)(CC(=O)O)CC(c2cccc(Cl)c2)C1c1ccc(Cl)cc1. The number of carboxylic acids is 1. The molecule has 6 nitrogen and oxygen atoms in total. The van der Waals surface area contributed by atoms with E-state index in [9.17, 15) is 23.1 Å². The molecule has 2 aromatic carbocycles. The number of hydrogen-bond acceptors (Lipinski definition) is 4. The summed E-state index contributed by atoms with van der Waals surface area (Å²) in [5.74, 6) is -2.17. The lowest BCUT2D eigenvalue weighted by atomic mass is 9.67. The number of hydrogen-bond donors (Lipinski definition) is 1. The highest BCUT2D eigenvalue weighted by molar-refractivity contribution is 7.92. The highest BCUT2D eigenvalue weighted by atomic mass is 35.5. The summed E-state index contributed by atoms with van der Waals surface area (Å²) in [6, 6.07) is 13.7. The van der Waals surface area contributed by atoms with E-state index in [1.807, 2.05) is 44.2 Å².